The van der Waals surface area contributed by atoms with Crippen molar-refractivity contribution in [1.82, 2.24) is 4.90 Å². The topological polar surface area (TPSA) is 60.8 Å². The number of likely N-dealkylation sites (tertiary alicyclic amines) is 1. The fourth-order valence-electron chi connectivity index (χ4n) is 3.09. The van der Waals surface area contributed by atoms with Crippen molar-refractivity contribution in [3.8, 4) is 11.5 Å². The summed E-state index contributed by atoms with van der Waals surface area (Å²) in [6, 6.07) is 12.3. The molecule has 2 aromatic rings. The van der Waals surface area contributed by atoms with Gasteiger partial charge in [-0.25, -0.2) is 0 Å². The Labute approximate surface area is 130 Å². The van der Waals surface area contributed by atoms with Crippen LogP contribution < -0.4 is 5.46 Å². The Morgan fingerprint density at radius 2 is 2.00 bits per heavy atom. The number of amides is 1. The lowest BCUT2D eigenvalue weighted by atomic mass is 9.92. The quantitative estimate of drug-likeness (QED) is 0.822. The Kier molecular flexibility index (Phi) is 3.80. The second kappa shape index (κ2) is 5.75. The maximum absolute atomic E-state index is 12.7. The standard InChI is InChI=1S/C17H18BNO3/c18-12-4-1-3-11(9-12)15-5-2-8-19(15)17(22)14-7-6-13(20)10-16(14)21/h1,3-4,6-7,9-10,15,20-21H,2,5,8,18H2. The molecule has 0 spiro atoms. The number of hydrogen-bond acceptors (Lipinski definition) is 3. The molecule has 5 heteroatoms. The van der Waals surface area contributed by atoms with Gasteiger partial charge in [0, 0.05) is 12.6 Å². The smallest absolute Gasteiger partial charge is 0.258 e. The zero-order valence-corrected chi connectivity index (χ0v) is 12.5. The van der Waals surface area contributed by atoms with Crippen molar-refractivity contribution in [2.75, 3.05) is 6.54 Å². The second-order valence-corrected chi connectivity index (χ2v) is 5.77. The Bertz CT molecular complexity index is 717. The van der Waals surface area contributed by atoms with E-state index < -0.39 is 0 Å². The minimum atomic E-state index is -0.193. The normalized spacial score (nSPS) is 17.6. The highest BCUT2D eigenvalue weighted by molar-refractivity contribution is 6.32. The molecule has 3 rings (SSSR count). The van der Waals surface area contributed by atoms with Crippen LogP contribution in [-0.4, -0.2) is 35.4 Å². The molecule has 1 heterocycles. The van der Waals surface area contributed by atoms with E-state index in [4.69, 9.17) is 0 Å². The lowest BCUT2D eigenvalue weighted by Crippen LogP contribution is -2.31. The highest BCUT2D eigenvalue weighted by Gasteiger charge is 2.31. The van der Waals surface area contributed by atoms with Gasteiger partial charge in [-0.1, -0.05) is 29.7 Å². The predicted molar refractivity (Wildman–Crippen MR) is 87.4 cm³/mol. The number of phenols is 2. The highest BCUT2D eigenvalue weighted by atomic mass is 16.3. The Morgan fingerprint density at radius 1 is 1.18 bits per heavy atom. The van der Waals surface area contributed by atoms with E-state index >= 15 is 0 Å². The molecule has 1 aliphatic heterocycles. The van der Waals surface area contributed by atoms with Gasteiger partial charge in [0.2, 0.25) is 0 Å². The van der Waals surface area contributed by atoms with Crippen LogP contribution in [0.25, 0.3) is 0 Å². The molecule has 0 aliphatic carbocycles. The summed E-state index contributed by atoms with van der Waals surface area (Å²) < 4.78 is 0. The van der Waals surface area contributed by atoms with Gasteiger partial charge < -0.3 is 15.1 Å². The van der Waals surface area contributed by atoms with E-state index in [1.54, 1.807) is 4.90 Å². The lowest BCUT2D eigenvalue weighted by Gasteiger charge is -2.26. The third-order valence-corrected chi connectivity index (χ3v) is 4.15. The molecular weight excluding hydrogens is 277 g/mol. The Morgan fingerprint density at radius 3 is 2.73 bits per heavy atom. The van der Waals surface area contributed by atoms with Crippen LogP contribution in [0.5, 0.6) is 11.5 Å². The summed E-state index contributed by atoms with van der Waals surface area (Å²) >= 11 is 0. The van der Waals surface area contributed by atoms with Crippen molar-refractivity contribution in [2.45, 2.75) is 18.9 Å². The molecule has 0 saturated carbocycles. The number of hydrogen-bond donors (Lipinski definition) is 2. The van der Waals surface area contributed by atoms with Crippen LogP contribution in [-0.2, 0) is 0 Å². The molecule has 2 aromatic carbocycles. The van der Waals surface area contributed by atoms with Gasteiger partial charge in [-0.15, -0.1) is 0 Å². The van der Waals surface area contributed by atoms with E-state index in [-0.39, 0.29) is 29.0 Å². The molecule has 0 aromatic heterocycles. The van der Waals surface area contributed by atoms with Crippen molar-refractivity contribution in [1.29, 1.82) is 0 Å². The van der Waals surface area contributed by atoms with Crippen molar-refractivity contribution in [3.05, 3.63) is 53.6 Å². The number of nitrogens with zero attached hydrogens (tertiary/aromatic N) is 1. The first-order chi connectivity index (χ1) is 10.6. The SMILES string of the molecule is Bc1cccc(C2CCCN2C(=O)c2ccc(O)cc2O)c1. The molecule has 1 saturated heterocycles. The molecule has 4 nitrogen and oxygen atoms in total. The minimum absolute atomic E-state index is 0.0422. The summed E-state index contributed by atoms with van der Waals surface area (Å²) in [7, 11) is 2.04. The molecule has 1 atom stereocenters. The maximum atomic E-state index is 12.7. The van der Waals surface area contributed by atoms with Crippen LogP contribution in [0.1, 0.15) is 34.8 Å². The van der Waals surface area contributed by atoms with E-state index in [0.717, 1.165) is 18.4 Å². The zero-order valence-electron chi connectivity index (χ0n) is 12.5. The first-order valence-corrected chi connectivity index (χ1v) is 7.46. The summed E-state index contributed by atoms with van der Waals surface area (Å²) in [5, 5.41) is 19.3. The van der Waals surface area contributed by atoms with Crippen LogP contribution in [0.15, 0.2) is 42.5 Å². The number of rotatable bonds is 2. The molecule has 112 valence electrons. The van der Waals surface area contributed by atoms with Gasteiger partial charge in [0.05, 0.1) is 11.6 Å². The Hall–Kier alpha value is -2.43. The fraction of sp³-hybridized carbons (Fsp3) is 0.235. The van der Waals surface area contributed by atoms with Gasteiger partial charge in [0.25, 0.3) is 5.91 Å². The Balaban J connectivity index is 1.91. The molecule has 2 N–H and O–H groups in total. The molecule has 1 aliphatic rings. The number of carbonyl (C=O) groups is 1. The van der Waals surface area contributed by atoms with E-state index in [9.17, 15) is 15.0 Å². The van der Waals surface area contributed by atoms with Gasteiger partial charge in [0.1, 0.15) is 19.3 Å². The highest BCUT2D eigenvalue weighted by Crippen LogP contribution is 2.34. The van der Waals surface area contributed by atoms with Crippen LogP contribution in [0.3, 0.4) is 0 Å². The van der Waals surface area contributed by atoms with Crippen molar-refractivity contribution in [3.63, 3.8) is 0 Å². The van der Waals surface area contributed by atoms with Crippen LogP contribution in [0.4, 0.5) is 0 Å². The average Bonchev–Trinajstić information content (AvgIpc) is 2.96. The second-order valence-electron chi connectivity index (χ2n) is 5.77. The maximum Gasteiger partial charge on any atom is 0.258 e. The molecule has 0 bridgehead atoms. The molecule has 1 unspecified atom stereocenters. The third kappa shape index (κ3) is 2.66. The lowest BCUT2D eigenvalue weighted by molar-refractivity contribution is 0.0732. The summed E-state index contributed by atoms with van der Waals surface area (Å²) in [5.41, 5.74) is 2.53. The van der Waals surface area contributed by atoms with Gasteiger partial charge >= 0.3 is 0 Å². The first-order valence-electron chi connectivity index (χ1n) is 7.46. The molecule has 1 amide bonds. The monoisotopic (exact) mass is 295 g/mol. The van der Waals surface area contributed by atoms with Gasteiger partial charge in [-0.2, -0.15) is 0 Å². The molecule has 1 fully saturated rings. The van der Waals surface area contributed by atoms with E-state index in [1.807, 2.05) is 26.0 Å². The first kappa shape index (κ1) is 14.5. The number of phenolic OH excluding ortho intramolecular Hbond substituents is 2. The van der Waals surface area contributed by atoms with Gasteiger partial charge in [-0.05, 0) is 30.5 Å². The molecule has 0 radical (unpaired) electrons. The van der Waals surface area contributed by atoms with Crippen molar-refractivity contribution in [2.24, 2.45) is 0 Å². The van der Waals surface area contributed by atoms with Crippen molar-refractivity contribution < 1.29 is 15.0 Å². The van der Waals surface area contributed by atoms with Crippen LogP contribution >= 0.6 is 0 Å². The largest absolute Gasteiger partial charge is 0.508 e. The number of aromatic hydroxyl groups is 2. The molecular formula is C17H18BNO3. The van der Waals surface area contributed by atoms with Crippen molar-refractivity contribution >= 4 is 19.2 Å². The van der Waals surface area contributed by atoms with E-state index in [2.05, 4.69) is 6.07 Å². The third-order valence-electron chi connectivity index (χ3n) is 4.15. The zero-order chi connectivity index (χ0) is 15.7. The predicted octanol–water partition coefficient (Wildman–Crippen LogP) is 1.33. The summed E-state index contributed by atoms with van der Waals surface area (Å²) in [4.78, 5) is 14.5. The summed E-state index contributed by atoms with van der Waals surface area (Å²) in [5.74, 6) is -0.424. The van der Waals surface area contributed by atoms with Gasteiger partial charge in [0.15, 0.2) is 0 Å². The summed E-state index contributed by atoms with van der Waals surface area (Å²) in [6.45, 7) is 0.678. The van der Waals surface area contributed by atoms with E-state index in [1.165, 1.54) is 23.7 Å². The van der Waals surface area contributed by atoms with E-state index in [0.29, 0.717) is 6.54 Å². The van der Waals surface area contributed by atoms with Gasteiger partial charge in [-0.3, -0.25) is 4.79 Å². The minimum Gasteiger partial charge on any atom is -0.508 e. The fourth-order valence-corrected chi connectivity index (χ4v) is 3.09. The molecule has 22 heavy (non-hydrogen) atoms. The number of carbonyl (C=O) groups excluding carboxylic acids is 1. The van der Waals surface area contributed by atoms with Crippen LogP contribution in [0.2, 0.25) is 0 Å². The number of benzene rings is 2. The van der Waals surface area contributed by atoms with Crippen LogP contribution in [0, 0.1) is 0 Å². The summed E-state index contributed by atoms with van der Waals surface area (Å²) in [6.07, 6.45) is 1.87. The average molecular weight is 295 g/mol.